The lowest BCUT2D eigenvalue weighted by atomic mass is 10.2. The van der Waals surface area contributed by atoms with E-state index in [1.54, 1.807) is 17.0 Å². The highest BCUT2D eigenvalue weighted by molar-refractivity contribution is 7.89. The highest BCUT2D eigenvalue weighted by Gasteiger charge is 2.31. The molecule has 0 bridgehead atoms. The average molecular weight is 383 g/mol. The van der Waals surface area contributed by atoms with Crippen molar-refractivity contribution in [1.29, 1.82) is 0 Å². The second-order valence-corrected chi connectivity index (χ2v) is 8.07. The summed E-state index contributed by atoms with van der Waals surface area (Å²) in [5.41, 5.74) is 1.64. The Hall–Kier alpha value is -2.91. The van der Waals surface area contributed by atoms with Crippen LogP contribution in [0.2, 0.25) is 0 Å². The third kappa shape index (κ3) is 3.38. The fraction of sp³-hybridized carbons (Fsp3) is 0.222. The van der Waals surface area contributed by atoms with Crippen molar-refractivity contribution in [3.8, 4) is 0 Å². The number of piperazine rings is 1. The summed E-state index contributed by atoms with van der Waals surface area (Å²) in [6, 6.07) is 10.4. The van der Waals surface area contributed by atoms with E-state index < -0.39 is 10.0 Å². The van der Waals surface area contributed by atoms with Gasteiger partial charge in [-0.1, -0.05) is 12.1 Å². The first kappa shape index (κ1) is 17.5. The van der Waals surface area contributed by atoms with Crippen molar-refractivity contribution in [2.45, 2.75) is 4.90 Å². The molecule has 0 radical (unpaired) electrons. The van der Waals surface area contributed by atoms with E-state index >= 15 is 0 Å². The van der Waals surface area contributed by atoms with Gasteiger partial charge in [-0.2, -0.15) is 4.31 Å². The first-order chi connectivity index (χ1) is 13.1. The summed E-state index contributed by atoms with van der Waals surface area (Å²) in [7, 11) is -3.60. The van der Waals surface area contributed by atoms with E-state index in [1.165, 1.54) is 29.0 Å². The Kier molecular flexibility index (Phi) is 4.54. The first-order valence-corrected chi connectivity index (χ1v) is 9.91. The van der Waals surface area contributed by atoms with Crippen LogP contribution >= 0.6 is 0 Å². The van der Waals surface area contributed by atoms with E-state index in [0.717, 1.165) is 5.52 Å². The minimum atomic E-state index is -3.60. The summed E-state index contributed by atoms with van der Waals surface area (Å²) >= 11 is 0. The van der Waals surface area contributed by atoms with Crippen LogP contribution < -0.4 is 0 Å². The summed E-state index contributed by atoms with van der Waals surface area (Å²) in [6.45, 7) is 1.05. The molecule has 3 aromatic rings. The Balaban J connectivity index is 1.47. The van der Waals surface area contributed by atoms with Crippen LogP contribution in [0.15, 0.2) is 59.9 Å². The number of carbonyl (C=O) groups excluding carboxylic acids is 1. The van der Waals surface area contributed by atoms with Gasteiger partial charge in [0.05, 0.1) is 17.2 Å². The van der Waals surface area contributed by atoms with Gasteiger partial charge in [0, 0.05) is 38.6 Å². The van der Waals surface area contributed by atoms with E-state index in [1.807, 2.05) is 18.2 Å². The monoisotopic (exact) mass is 383 g/mol. The van der Waals surface area contributed by atoms with E-state index in [4.69, 9.17) is 0 Å². The van der Waals surface area contributed by atoms with Gasteiger partial charge in [-0.05, 0) is 24.3 Å². The maximum atomic E-state index is 12.7. The number of amides is 1. The molecular formula is C18H17N5O3S. The van der Waals surface area contributed by atoms with Crippen molar-refractivity contribution in [2.75, 3.05) is 26.2 Å². The number of hydrogen-bond donors (Lipinski definition) is 0. The third-order valence-electron chi connectivity index (χ3n) is 4.47. The van der Waals surface area contributed by atoms with Gasteiger partial charge >= 0.3 is 0 Å². The third-order valence-corrected chi connectivity index (χ3v) is 6.35. The van der Waals surface area contributed by atoms with E-state index in [0.29, 0.717) is 18.6 Å². The zero-order valence-electron chi connectivity index (χ0n) is 14.4. The lowest BCUT2D eigenvalue weighted by Crippen LogP contribution is -2.50. The van der Waals surface area contributed by atoms with Crippen molar-refractivity contribution in [3.63, 3.8) is 0 Å². The fourth-order valence-corrected chi connectivity index (χ4v) is 4.39. The second kappa shape index (κ2) is 7.01. The molecule has 8 nitrogen and oxygen atoms in total. The molecule has 0 unspecified atom stereocenters. The Morgan fingerprint density at radius 1 is 0.926 bits per heavy atom. The van der Waals surface area contributed by atoms with Gasteiger partial charge in [-0.3, -0.25) is 14.8 Å². The summed E-state index contributed by atoms with van der Waals surface area (Å²) in [6.07, 6.45) is 4.32. The van der Waals surface area contributed by atoms with Crippen LogP contribution in [0, 0.1) is 0 Å². The molecule has 0 spiro atoms. The lowest BCUT2D eigenvalue weighted by molar-refractivity contribution is 0.0692. The minimum Gasteiger partial charge on any atom is -0.335 e. The lowest BCUT2D eigenvalue weighted by Gasteiger charge is -2.33. The number of hydrogen-bond acceptors (Lipinski definition) is 6. The molecule has 4 rings (SSSR count). The highest BCUT2D eigenvalue weighted by Crippen LogP contribution is 2.17. The van der Waals surface area contributed by atoms with Crippen LogP contribution in [-0.2, 0) is 10.0 Å². The predicted molar refractivity (Wildman–Crippen MR) is 98.4 cm³/mol. The Morgan fingerprint density at radius 3 is 2.37 bits per heavy atom. The van der Waals surface area contributed by atoms with Crippen molar-refractivity contribution in [3.05, 3.63) is 60.7 Å². The second-order valence-electron chi connectivity index (χ2n) is 6.13. The number of fused-ring (bicyclic) bond motifs is 1. The molecule has 0 aliphatic carbocycles. The maximum Gasteiger partial charge on any atom is 0.274 e. The average Bonchev–Trinajstić information content (AvgIpc) is 2.73. The molecule has 1 amide bonds. The maximum absolute atomic E-state index is 12.7. The largest absolute Gasteiger partial charge is 0.335 e. The van der Waals surface area contributed by atoms with Gasteiger partial charge in [0.15, 0.2) is 0 Å². The summed E-state index contributed by atoms with van der Waals surface area (Å²) in [5, 5.41) is 0. The van der Waals surface area contributed by atoms with E-state index in [-0.39, 0.29) is 29.6 Å². The van der Waals surface area contributed by atoms with Crippen molar-refractivity contribution < 1.29 is 13.2 Å². The van der Waals surface area contributed by atoms with Gasteiger partial charge in [0.25, 0.3) is 5.91 Å². The molecule has 9 heteroatoms. The van der Waals surface area contributed by atoms with Crippen molar-refractivity contribution in [1.82, 2.24) is 24.2 Å². The quantitative estimate of drug-likeness (QED) is 0.674. The Bertz CT molecular complexity index is 1080. The fourth-order valence-electron chi connectivity index (χ4n) is 3.00. The number of nitrogens with zero attached hydrogens (tertiary/aromatic N) is 5. The van der Waals surface area contributed by atoms with Crippen LogP contribution in [-0.4, -0.2) is 64.7 Å². The van der Waals surface area contributed by atoms with Gasteiger partial charge in [0.1, 0.15) is 10.6 Å². The molecule has 3 heterocycles. The molecule has 0 saturated carbocycles. The minimum absolute atomic E-state index is 0.158. The van der Waals surface area contributed by atoms with Crippen LogP contribution in [0.25, 0.3) is 11.0 Å². The van der Waals surface area contributed by atoms with Crippen molar-refractivity contribution >= 4 is 27.0 Å². The molecule has 27 heavy (non-hydrogen) atoms. The number of benzene rings is 1. The zero-order valence-corrected chi connectivity index (χ0v) is 15.2. The van der Waals surface area contributed by atoms with Crippen LogP contribution in [0.3, 0.4) is 0 Å². The number of sulfonamides is 1. The normalized spacial score (nSPS) is 15.8. The number of rotatable bonds is 3. The SMILES string of the molecule is O=C(c1cnc2ccccc2n1)N1CCN(S(=O)(=O)c2cccnc2)CC1. The number of para-hydroxylation sites is 2. The molecule has 1 aliphatic rings. The summed E-state index contributed by atoms with van der Waals surface area (Å²) in [4.78, 5) is 27.0. The first-order valence-electron chi connectivity index (χ1n) is 8.47. The van der Waals surface area contributed by atoms with Gasteiger partial charge in [-0.25, -0.2) is 13.4 Å². The molecule has 1 aromatic carbocycles. The highest BCUT2D eigenvalue weighted by atomic mass is 32.2. The Labute approximate surface area is 156 Å². The Morgan fingerprint density at radius 2 is 1.67 bits per heavy atom. The number of carbonyl (C=O) groups is 1. The smallest absolute Gasteiger partial charge is 0.274 e. The molecule has 1 saturated heterocycles. The molecule has 0 N–H and O–H groups in total. The van der Waals surface area contributed by atoms with E-state index in [9.17, 15) is 13.2 Å². The molecule has 0 atom stereocenters. The number of aromatic nitrogens is 3. The molecule has 2 aromatic heterocycles. The van der Waals surface area contributed by atoms with Gasteiger partial charge in [0.2, 0.25) is 10.0 Å². The van der Waals surface area contributed by atoms with Crippen molar-refractivity contribution in [2.24, 2.45) is 0 Å². The topological polar surface area (TPSA) is 96.4 Å². The molecule has 1 aliphatic heterocycles. The number of pyridine rings is 1. The van der Waals surface area contributed by atoms with Crippen LogP contribution in [0.1, 0.15) is 10.5 Å². The molecule has 1 fully saturated rings. The van der Waals surface area contributed by atoms with Gasteiger partial charge < -0.3 is 4.90 Å². The van der Waals surface area contributed by atoms with E-state index in [2.05, 4.69) is 15.0 Å². The molecule has 138 valence electrons. The summed E-state index contributed by atoms with van der Waals surface area (Å²) < 4.78 is 26.7. The standard InChI is InChI=1S/C18H17N5O3S/c24-18(17-13-20-15-5-1-2-6-16(15)21-17)22-8-10-23(11-9-22)27(25,26)14-4-3-7-19-12-14/h1-7,12-13H,8-11H2. The zero-order chi connectivity index (χ0) is 18.9. The molecular weight excluding hydrogens is 366 g/mol. The van der Waals surface area contributed by atoms with Crippen LogP contribution in [0.4, 0.5) is 0 Å². The van der Waals surface area contributed by atoms with Crippen LogP contribution in [0.5, 0.6) is 0 Å². The summed E-state index contributed by atoms with van der Waals surface area (Å²) in [5.74, 6) is -0.244. The predicted octanol–water partition coefficient (Wildman–Crippen LogP) is 1.17. The van der Waals surface area contributed by atoms with Gasteiger partial charge in [-0.15, -0.1) is 0 Å².